The third kappa shape index (κ3) is 9.78. The van der Waals surface area contributed by atoms with E-state index in [0.717, 1.165) is 21.3 Å². The number of sulfonamides is 2. The number of carbonyl (C=O) groups excluding carboxylic acids is 5. The zero-order valence-corrected chi connectivity index (χ0v) is 36.3. The Labute approximate surface area is 362 Å². The molecule has 3 heterocycles. The van der Waals surface area contributed by atoms with Crippen molar-refractivity contribution in [2.45, 2.75) is 112 Å². The van der Waals surface area contributed by atoms with E-state index >= 15 is 0 Å². The maximum absolute atomic E-state index is 14.7. The van der Waals surface area contributed by atoms with Gasteiger partial charge in [-0.25, -0.2) is 30.8 Å². The number of carbonyl (C=O) groups is 5. The molecule has 23 heteroatoms. The van der Waals surface area contributed by atoms with Crippen LogP contribution in [-0.4, -0.2) is 120 Å². The zero-order chi connectivity index (χ0) is 45.6. The van der Waals surface area contributed by atoms with Gasteiger partial charge in [-0.15, -0.1) is 0 Å². The molecule has 5 atom stereocenters. The van der Waals surface area contributed by atoms with Crippen LogP contribution in [0.5, 0.6) is 0 Å². The molecule has 3 fully saturated rings. The molecule has 7 rings (SSSR count). The van der Waals surface area contributed by atoms with E-state index in [2.05, 4.69) is 15.4 Å². The third-order valence-corrected chi connectivity index (χ3v) is 15.2. The lowest BCUT2D eigenvalue weighted by molar-refractivity contribution is -0.387. The van der Waals surface area contributed by atoms with Crippen LogP contribution in [0.3, 0.4) is 0 Å². The lowest BCUT2D eigenvalue weighted by atomic mass is 10.1. The molecular weight excluding hydrogens is 870 g/mol. The smallest absolute Gasteiger partial charge is 0.410 e. The molecule has 20 nitrogen and oxygen atoms in total. The van der Waals surface area contributed by atoms with Gasteiger partial charge in [0.25, 0.3) is 11.6 Å². The van der Waals surface area contributed by atoms with Gasteiger partial charge in [-0.3, -0.25) is 34.1 Å². The van der Waals surface area contributed by atoms with Gasteiger partial charge < -0.3 is 25.0 Å². The van der Waals surface area contributed by atoms with E-state index in [4.69, 9.17) is 9.47 Å². The van der Waals surface area contributed by atoms with E-state index in [9.17, 15) is 55.3 Å². The van der Waals surface area contributed by atoms with Crippen LogP contribution in [0.4, 0.5) is 19.7 Å². The number of halogens is 1. The molecule has 0 spiro atoms. The Morgan fingerprint density at radius 2 is 1.75 bits per heavy atom. The molecule has 2 aliphatic carbocycles. The number of nitrogens with zero attached hydrogens (tertiary/aromatic N) is 4. The second-order valence-electron chi connectivity index (χ2n) is 17.3. The molecule has 0 radical (unpaired) electrons. The molecule has 2 aromatic carbocycles. The highest BCUT2D eigenvalue weighted by atomic mass is 32.2. The van der Waals surface area contributed by atoms with Crippen molar-refractivity contribution in [1.82, 2.24) is 29.5 Å². The summed E-state index contributed by atoms with van der Waals surface area (Å²) in [7, 11) is -8.76. The minimum absolute atomic E-state index is 0.0355. The average Bonchev–Trinajstić information content (AvgIpc) is 4.09. The monoisotopic (exact) mass is 917 g/mol. The lowest BCUT2D eigenvalue weighted by Crippen LogP contribution is -2.58. The van der Waals surface area contributed by atoms with E-state index in [-0.39, 0.29) is 51.9 Å². The van der Waals surface area contributed by atoms with Crippen molar-refractivity contribution in [3.8, 4) is 0 Å². The minimum atomic E-state index is -4.63. The summed E-state index contributed by atoms with van der Waals surface area (Å²) in [4.78, 5) is 82.5. The Hall–Kier alpha value is -5.68. The van der Waals surface area contributed by atoms with Gasteiger partial charge >= 0.3 is 12.2 Å². The summed E-state index contributed by atoms with van der Waals surface area (Å²) in [5.74, 6) is -4.21. The largest absolute Gasteiger partial charge is 0.444 e. The summed E-state index contributed by atoms with van der Waals surface area (Å²) in [6, 6.07) is 6.26. The van der Waals surface area contributed by atoms with Crippen molar-refractivity contribution in [3.05, 3.63) is 81.7 Å². The number of ether oxygens (including phenoxy) is 2. The number of benzene rings is 2. The van der Waals surface area contributed by atoms with Gasteiger partial charge in [0.05, 0.1) is 23.3 Å². The highest BCUT2D eigenvalue weighted by molar-refractivity contribution is 7.91. The number of fused-ring (bicyclic) bond motifs is 3. The Kier molecular flexibility index (Phi) is 12.3. The highest BCUT2D eigenvalue weighted by Gasteiger charge is 2.62. The standard InChI is InChI=1S/C40H48FN7O13S2/c1-39(2,3)61-37(52)42-30-12-8-18-46(63(58,59)33-14-5-4-13-31(33)48(54)55)17-7-10-25-20-40(25,36(51)44-62(56,57)27-15-16-27)43-34(49)32-19-26(22-47(32)35(30)50)60-38(53)45-21-24-9-6-11-29(41)28(24)23-45/h4-7,9-11,13-14,25-27,30,32H,8,12,15-23H2,1-3H3,(H,42,52)(H,43,49)(H,44,51)/b10-7-/t25-,26?,30+,32+,40-/m1/s1. The molecule has 0 aromatic heterocycles. The van der Waals surface area contributed by atoms with E-state index in [0.29, 0.717) is 24.0 Å². The second kappa shape index (κ2) is 17.1. The molecule has 0 bridgehead atoms. The summed E-state index contributed by atoms with van der Waals surface area (Å²) in [5.41, 5.74) is -2.71. The van der Waals surface area contributed by atoms with Crippen molar-refractivity contribution < 1.29 is 59.6 Å². The van der Waals surface area contributed by atoms with Crippen LogP contribution < -0.4 is 15.4 Å². The first-order valence-corrected chi connectivity index (χ1v) is 23.4. The quantitative estimate of drug-likeness (QED) is 0.196. The number of para-hydroxylation sites is 1. The van der Waals surface area contributed by atoms with E-state index < -0.39 is 118 Å². The SMILES string of the molecule is CC(C)(C)OC(=O)N[C@H]1CCCN(S(=O)(=O)c2ccccc2[N+](=O)[O-])C/C=C\[C@@H]2C[C@@]2(C(=O)NS(=O)(=O)C2CC2)NC(=O)[C@@H]2CC(OC(=O)N3Cc4cccc(F)c4C3)CN2C1=O. The van der Waals surface area contributed by atoms with Crippen LogP contribution in [0.2, 0.25) is 0 Å². The van der Waals surface area contributed by atoms with Crippen molar-refractivity contribution in [2.75, 3.05) is 19.6 Å². The fraction of sp³-hybridized carbons (Fsp3) is 0.525. The van der Waals surface area contributed by atoms with Crippen LogP contribution in [-0.2, 0) is 57.0 Å². The molecule has 2 saturated carbocycles. The first kappa shape index (κ1) is 45.3. The molecule has 5 amide bonds. The number of hydrogen-bond donors (Lipinski definition) is 3. The molecule has 1 unspecified atom stereocenters. The van der Waals surface area contributed by atoms with Crippen LogP contribution in [0, 0.1) is 21.8 Å². The van der Waals surface area contributed by atoms with Gasteiger partial charge in [0.1, 0.15) is 35.1 Å². The van der Waals surface area contributed by atoms with E-state index in [1.807, 2.05) is 0 Å². The summed E-state index contributed by atoms with van der Waals surface area (Å²) in [5, 5.41) is 16.3. The maximum atomic E-state index is 14.7. The van der Waals surface area contributed by atoms with Gasteiger partial charge in [0.15, 0.2) is 4.90 Å². The summed E-state index contributed by atoms with van der Waals surface area (Å²) < 4.78 is 83.0. The molecule has 340 valence electrons. The number of hydrogen-bond acceptors (Lipinski definition) is 13. The number of amides is 5. The Balaban J connectivity index is 1.22. The van der Waals surface area contributed by atoms with E-state index in [1.165, 1.54) is 41.3 Å². The first-order chi connectivity index (χ1) is 29.6. The van der Waals surface area contributed by atoms with Crippen molar-refractivity contribution in [3.63, 3.8) is 0 Å². The summed E-state index contributed by atoms with van der Waals surface area (Å²) in [6.45, 7) is 3.58. The van der Waals surface area contributed by atoms with Gasteiger partial charge in [-0.2, -0.15) is 4.31 Å². The average molecular weight is 918 g/mol. The van der Waals surface area contributed by atoms with E-state index in [1.54, 1.807) is 26.8 Å². The zero-order valence-electron chi connectivity index (χ0n) is 34.7. The summed E-state index contributed by atoms with van der Waals surface area (Å²) >= 11 is 0. The fourth-order valence-electron chi connectivity index (χ4n) is 8.07. The van der Waals surface area contributed by atoms with Gasteiger partial charge in [0.2, 0.25) is 31.9 Å². The molecule has 63 heavy (non-hydrogen) atoms. The highest BCUT2D eigenvalue weighted by Crippen LogP contribution is 2.46. The Bertz CT molecular complexity index is 2480. The Morgan fingerprint density at radius 3 is 2.43 bits per heavy atom. The molecule has 5 aliphatic rings. The maximum Gasteiger partial charge on any atom is 0.410 e. The predicted molar refractivity (Wildman–Crippen MR) is 218 cm³/mol. The van der Waals surface area contributed by atoms with Gasteiger partial charge in [-0.1, -0.05) is 36.4 Å². The number of nitro groups is 1. The first-order valence-electron chi connectivity index (χ1n) is 20.4. The predicted octanol–water partition coefficient (Wildman–Crippen LogP) is 2.57. The molecule has 1 saturated heterocycles. The summed E-state index contributed by atoms with van der Waals surface area (Å²) in [6.07, 6.45) is -0.335. The Morgan fingerprint density at radius 1 is 1.02 bits per heavy atom. The van der Waals surface area contributed by atoms with Crippen LogP contribution in [0.25, 0.3) is 0 Å². The lowest BCUT2D eigenvalue weighted by Gasteiger charge is -2.30. The van der Waals surface area contributed by atoms with Crippen molar-refractivity contribution in [1.29, 1.82) is 0 Å². The number of alkyl carbamates (subject to hydrolysis) is 1. The normalized spacial score (nSPS) is 26.2. The number of nitrogens with one attached hydrogen (secondary N) is 3. The second-order valence-corrected chi connectivity index (χ2v) is 21.2. The molecule has 3 N–H and O–H groups in total. The topological polar surface area (TPSA) is 261 Å². The molecule has 2 aromatic rings. The van der Waals surface area contributed by atoms with Crippen LogP contribution in [0.15, 0.2) is 59.5 Å². The molecule has 3 aliphatic heterocycles. The van der Waals surface area contributed by atoms with Crippen LogP contribution >= 0.6 is 0 Å². The fourth-order valence-corrected chi connectivity index (χ4v) is 11.0. The van der Waals surface area contributed by atoms with Crippen molar-refractivity contribution >= 4 is 55.6 Å². The van der Waals surface area contributed by atoms with Crippen molar-refractivity contribution in [2.24, 2.45) is 5.92 Å². The van der Waals surface area contributed by atoms with Gasteiger partial charge in [0, 0.05) is 43.6 Å². The number of rotatable bonds is 8. The third-order valence-electron chi connectivity index (χ3n) is 11.5. The minimum Gasteiger partial charge on any atom is -0.444 e. The van der Waals surface area contributed by atoms with Gasteiger partial charge in [-0.05, 0) is 70.6 Å². The molecular formula is C40H48FN7O13S2. The number of nitro benzene ring substituents is 1. The van der Waals surface area contributed by atoms with Crippen LogP contribution in [0.1, 0.15) is 70.4 Å².